The molecule has 0 fully saturated rings. The van der Waals surface area contributed by atoms with Crippen molar-refractivity contribution >= 4 is 11.8 Å². The van der Waals surface area contributed by atoms with Crippen LogP contribution in [-0.4, -0.2) is 24.6 Å². The fourth-order valence-corrected chi connectivity index (χ4v) is 0.858. The number of unbranched alkanes of at least 4 members (excludes halogenated alkanes) is 1. The molecular formula is C10H18O4. The van der Waals surface area contributed by atoms with E-state index in [0.29, 0.717) is 6.61 Å². The molecule has 0 aromatic heterocycles. The molecule has 0 N–H and O–H groups in total. The maximum atomic E-state index is 11.0. The van der Waals surface area contributed by atoms with Crippen LogP contribution in [-0.2, 0) is 19.1 Å². The Morgan fingerprint density at radius 1 is 1.36 bits per heavy atom. The van der Waals surface area contributed by atoms with Crippen LogP contribution in [0.2, 0.25) is 0 Å². The van der Waals surface area contributed by atoms with E-state index in [1.165, 1.54) is 6.92 Å². The lowest BCUT2D eigenvalue weighted by molar-refractivity contribution is -0.175. The lowest BCUT2D eigenvalue weighted by Gasteiger charge is -2.13. The Kier molecular flexibility index (Phi) is 7.02. The number of carbonyl (C=O) groups excluding carboxylic acids is 2. The number of hydrogen-bond acceptors (Lipinski definition) is 4. The highest BCUT2D eigenvalue weighted by atomic mass is 16.7. The Hall–Kier alpha value is -0.900. The van der Waals surface area contributed by atoms with Gasteiger partial charge in [-0.1, -0.05) is 13.3 Å². The molecular weight excluding hydrogens is 184 g/mol. The summed E-state index contributed by atoms with van der Waals surface area (Å²) in [6, 6.07) is 0. The van der Waals surface area contributed by atoms with Gasteiger partial charge in [0.05, 0.1) is 6.61 Å². The van der Waals surface area contributed by atoms with Crippen LogP contribution in [0.4, 0.5) is 0 Å². The summed E-state index contributed by atoms with van der Waals surface area (Å²) in [7, 11) is 0. The second-order valence-corrected chi connectivity index (χ2v) is 3.16. The number of esters is 1. The van der Waals surface area contributed by atoms with Crippen LogP contribution in [0.3, 0.4) is 0 Å². The molecule has 1 unspecified atom stereocenters. The number of carbonyl (C=O) groups is 2. The smallest absolute Gasteiger partial charge is 0.315 e. The van der Waals surface area contributed by atoms with E-state index in [1.54, 1.807) is 6.92 Å². The van der Waals surface area contributed by atoms with Gasteiger partial charge in [0.15, 0.2) is 6.29 Å². The summed E-state index contributed by atoms with van der Waals surface area (Å²) in [4.78, 5) is 21.5. The molecule has 0 spiro atoms. The van der Waals surface area contributed by atoms with Crippen LogP contribution >= 0.6 is 0 Å². The van der Waals surface area contributed by atoms with Crippen LogP contribution in [0.5, 0.6) is 0 Å². The minimum atomic E-state index is -0.562. The van der Waals surface area contributed by atoms with E-state index in [0.717, 1.165) is 12.8 Å². The molecule has 0 aromatic carbocycles. The van der Waals surface area contributed by atoms with Gasteiger partial charge in [0.25, 0.3) is 0 Å². The highest BCUT2D eigenvalue weighted by Crippen LogP contribution is 1.99. The normalized spacial score (nSPS) is 12.2. The first-order valence-corrected chi connectivity index (χ1v) is 4.86. The molecule has 0 aromatic rings. The second-order valence-electron chi connectivity index (χ2n) is 3.16. The van der Waals surface area contributed by atoms with Gasteiger partial charge in [0, 0.05) is 0 Å². The zero-order valence-electron chi connectivity index (χ0n) is 9.04. The lowest BCUT2D eigenvalue weighted by atomic mass is 10.3. The van der Waals surface area contributed by atoms with Gasteiger partial charge in [-0.25, -0.2) is 0 Å². The van der Waals surface area contributed by atoms with Gasteiger partial charge in [-0.3, -0.25) is 9.59 Å². The van der Waals surface area contributed by atoms with Crippen molar-refractivity contribution in [2.75, 3.05) is 6.61 Å². The van der Waals surface area contributed by atoms with Crippen LogP contribution in [0, 0.1) is 0 Å². The molecule has 0 saturated heterocycles. The summed E-state index contributed by atoms with van der Waals surface area (Å²) in [5.41, 5.74) is 0. The quantitative estimate of drug-likeness (QED) is 0.273. The number of Topliss-reactive ketones (excluding diaryl/α,β-unsaturated/α-hetero) is 1. The Labute approximate surface area is 84.6 Å². The zero-order chi connectivity index (χ0) is 11.0. The Balaban J connectivity index is 3.55. The average Bonchev–Trinajstić information content (AvgIpc) is 2.02. The highest BCUT2D eigenvalue weighted by molar-refractivity contribution is 5.94. The molecule has 0 aliphatic carbocycles. The fourth-order valence-electron chi connectivity index (χ4n) is 0.858. The number of ketones is 1. The monoisotopic (exact) mass is 202 g/mol. The first kappa shape index (κ1) is 13.1. The van der Waals surface area contributed by atoms with Gasteiger partial charge in [0.1, 0.15) is 12.2 Å². The predicted molar refractivity (Wildman–Crippen MR) is 51.7 cm³/mol. The van der Waals surface area contributed by atoms with Crippen molar-refractivity contribution in [3.63, 3.8) is 0 Å². The summed E-state index contributed by atoms with van der Waals surface area (Å²) in [5, 5.41) is 0. The van der Waals surface area contributed by atoms with Gasteiger partial charge >= 0.3 is 5.97 Å². The number of hydrogen-bond donors (Lipinski definition) is 0. The molecule has 82 valence electrons. The SMILES string of the molecule is CCCCOC(C)OC(=O)CC(C)=O. The summed E-state index contributed by atoms with van der Waals surface area (Å²) in [6.45, 7) is 5.62. The van der Waals surface area contributed by atoms with Crippen LogP contribution in [0.15, 0.2) is 0 Å². The number of ether oxygens (including phenoxy) is 2. The van der Waals surface area contributed by atoms with E-state index in [9.17, 15) is 9.59 Å². The maximum Gasteiger partial charge on any atom is 0.315 e. The van der Waals surface area contributed by atoms with Crippen molar-refractivity contribution in [2.45, 2.75) is 46.3 Å². The Morgan fingerprint density at radius 2 is 2.00 bits per heavy atom. The van der Waals surface area contributed by atoms with Crippen molar-refractivity contribution in [2.24, 2.45) is 0 Å². The molecule has 0 saturated carbocycles. The largest absolute Gasteiger partial charge is 0.436 e. The summed E-state index contributed by atoms with van der Waals surface area (Å²) in [6.07, 6.45) is 1.23. The lowest BCUT2D eigenvalue weighted by Crippen LogP contribution is -2.20. The third kappa shape index (κ3) is 7.73. The molecule has 4 heteroatoms. The van der Waals surface area contributed by atoms with Crippen molar-refractivity contribution in [3.05, 3.63) is 0 Å². The van der Waals surface area contributed by atoms with E-state index in [-0.39, 0.29) is 12.2 Å². The van der Waals surface area contributed by atoms with E-state index in [4.69, 9.17) is 9.47 Å². The molecule has 0 amide bonds. The van der Waals surface area contributed by atoms with Gasteiger partial charge in [0.2, 0.25) is 0 Å². The van der Waals surface area contributed by atoms with Gasteiger partial charge < -0.3 is 9.47 Å². The fraction of sp³-hybridized carbons (Fsp3) is 0.800. The summed E-state index contributed by atoms with van der Waals surface area (Å²) >= 11 is 0. The van der Waals surface area contributed by atoms with Gasteiger partial charge in [-0.15, -0.1) is 0 Å². The molecule has 0 heterocycles. The van der Waals surface area contributed by atoms with Crippen LogP contribution in [0.1, 0.15) is 40.0 Å². The topological polar surface area (TPSA) is 52.6 Å². The molecule has 14 heavy (non-hydrogen) atoms. The van der Waals surface area contributed by atoms with Gasteiger partial charge in [-0.05, 0) is 20.3 Å². The molecule has 0 bridgehead atoms. The van der Waals surface area contributed by atoms with E-state index >= 15 is 0 Å². The van der Waals surface area contributed by atoms with Crippen molar-refractivity contribution in [3.8, 4) is 0 Å². The Morgan fingerprint density at radius 3 is 2.50 bits per heavy atom. The first-order valence-electron chi connectivity index (χ1n) is 4.86. The van der Waals surface area contributed by atoms with Crippen LogP contribution in [0.25, 0.3) is 0 Å². The average molecular weight is 202 g/mol. The van der Waals surface area contributed by atoms with Crippen molar-refractivity contribution in [1.82, 2.24) is 0 Å². The third-order valence-corrected chi connectivity index (χ3v) is 1.54. The molecule has 1 atom stereocenters. The standard InChI is InChI=1S/C10H18O4/c1-4-5-6-13-9(3)14-10(12)7-8(2)11/h9H,4-7H2,1-3H3. The van der Waals surface area contributed by atoms with Gasteiger partial charge in [-0.2, -0.15) is 0 Å². The maximum absolute atomic E-state index is 11.0. The van der Waals surface area contributed by atoms with Crippen LogP contribution < -0.4 is 0 Å². The molecule has 0 aliphatic heterocycles. The predicted octanol–water partition coefficient (Wildman–Crippen LogP) is 1.67. The van der Waals surface area contributed by atoms with E-state index in [2.05, 4.69) is 6.92 Å². The summed E-state index contributed by atoms with van der Waals surface area (Å²) < 4.78 is 10.0. The Bertz CT molecular complexity index is 189. The zero-order valence-corrected chi connectivity index (χ0v) is 9.04. The van der Waals surface area contributed by atoms with E-state index in [1.807, 2.05) is 0 Å². The second kappa shape index (κ2) is 7.50. The minimum absolute atomic E-state index is 0.179. The highest BCUT2D eigenvalue weighted by Gasteiger charge is 2.11. The number of rotatable bonds is 7. The van der Waals surface area contributed by atoms with Crippen molar-refractivity contribution in [1.29, 1.82) is 0 Å². The first-order chi connectivity index (χ1) is 6.56. The van der Waals surface area contributed by atoms with E-state index < -0.39 is 12.3 Å². The summed E-state index contributed by atoms with van der Waals surface area (Å²) in [5.74, 6) is -0.725. The minimum Gasteiger partial charge on any atom is -0.436 e. The van der Waals surface area contributed by atoms with Crippen molar-refractivity contribution < 1.29 is 19.1 Å². The molecule has 4 nitrogen and oxygen atoms in total. The molecule has 0 radical (unpaired) electrons. The third-order valence-electron chi connectivity index (χ3n) is 1.54. The molecule has 0 rings (SSSR count). The molecule has 0 aliphatic rings.